The monoisotopic (exact) mass is 269 g/mol. The van der Waals surface area contributed by atoms with Gasteiger partial charge in [0.05, 0.1) is 0 Å². The minimum atomic E-state index is 0.267. The molecule has 0 atom stereocenters. The number of benzene rings is 1. The molecule has 0 aliphatic heterocycles. The third-order valence-electron chi connectivity index (χ3n) is 3.73. The van der Waals surface area contributed by atoms with Gasteiger partial charge >= 0.3 is 0 Å². The van der Waals surface area contributed by atoms with E-state index in [9.17, 15) is 0 Å². The second-order valence-corrected chi connectivity index (χ2v) is 7.33. The number of thioether (sulfide) groups is 1. The van der Waals surface area contributed by atoms with Gasteiger partial charge in [0, 0.05) is 21.2 Å². The average molecular weight is 270 g/mol. The van der Waals surface area contributed by atoms with Crippen LogP contribution in [-0.2, 0) is 0 Å². The summed E-state index contributed by atoms with van der Waals surface area (Å²) in [5, 5.41) is 0.796. The summed E-state index contributed by atoms with van der Waals surface area (Å²) >= 11 is 7.82. The lowest BCUT2D eigenvalue weighted by Gasteiger charge is -2.48. The fraction of sp³-hybridized carbons (Fsp3) is 0.571. The van der Waals surface area contributed by atoms with Crippen LogP contribution in [0.3, 0.4) is 0 Å². The van der Waals surface area contributed by atoms with E-state index < -0.39 is 0 Å². The van der Waals surface area contributed by atoms with E-state index in [1.807, 2.05) is 23.9 Å². The van der Waals surface area contributed by atoms with Crippen molar-refractivity contribution in [2.75, 3.05) is 6.54 Å². The lowest BCUT2D eigenvalue weighted by atomic mass is 9.69. The van der Waals surface area contributed by atoms with Crippen molar-refractivity contribution in [3.05, 3.63) is 29.3 Å². The van der Waals surface area contributed by atoms with Gasteiger partial charge in [-0.25, -0.2) is 0 Å². The molecule has 0 heterocycles. The zero-order valence-electron chi connectivity index (χ0n) is 10.4. The Bertz CT molecular complexity index is 368. The maximum Gasteiger partial charge on any atom is 0.0406 e. The molecule has 1 aliphatic rings. The van der Waals surface area contributed by atoms with Gasteiger partial charge in [0.25, 0.3) is 0 Å². The summed E-state index contributed by atoms with van der Waals surface area (Å²) in [5.74, 6) is 1.62. The topological polar surface area (TPSA) is 26.0 Å². The molecule has 1 saturated carbocycles. The van der Waals surface area contributed by atoms with Gasteiger partial charge in [-0.05, 0) is 48.9 Å². The van der Waals surface area contributed by atoms with Gasteiger partial charge in [-0.1, -0.05) is 25.4 Å². The summed E-state index contributed by atoms with van der Waals surface area (Å²) in [6.07, 6.45) is 2.49. The summed E-state index contributed by atoms with van der Waals surface area (Å²) in [6.45, 7) is 5.37. The summed E-state index contributed by atoms with van der Waals surface area (Å²) in [5.41, 5.74) is 5.96. The first-order chi connectivity index (χ1) is 8.04. The standard InChI is InChI=1S/C14H20ClNS/c1-10(2)11-7-14(8-11,9-16)17-13-5-3-12(15)4-6-13/h3-6,10-11H,7-9,16H2,1-2H3. The summed E-state index contributed by atoms with van der Waals surface area (Å²) in [7, 11) is 0. The van der Waals surface area contributed by atoms with E-state index in [-0.39, 0.29) is 4.75 Å². The zero-order chi connectivity index (χ0) is 12.5. The van der Waals surface area contributed by atoms with Crippen LogP contribution in [0.25, 0.3) is 0 Å². The van der Waals surface area contributed by atoms with E-state index in [0.29, 0.717) is 0 Å². The Morgan fingerprint density at radius 2 is 1.94 bits per heavy atom. The van der Waals surface area contributed by atoms with Crippen molar-refractivity contribution < 1.29 is 0 Å². The SMILES string of the molecule is CC(C)C1CC(CN)(Sc2ccc(Cl)cc2)C1. The predicted molar refractivity (Wildman–Crippen MR) is 76.7 cm³/mol. The van der Waals surface area contributed by atoms with Gasteiger partial charge in [0.2, 0.25) is 0 Å². The van der Waals surface area contributed by atoms with Crippen molar-refractivity contribution in [1.82, 2.24) is 0 Å². The van der Waals surface area contributed by atoms with E-state index in [1.165, 1.54) is 17.7 Å². The molecular formula is C14H20ClNS. The highest BCUT2D eigenvalue weighted by Gasteiger charge is 2.44. The molecule has 0 amide bonds. The number of hydrogen-bond donors (Lipinski definition) is 1. The Labute approximate surface area is 113 Å². The molecule has 1 aliphatic carbocycles. The minimum absolute atomic E-state index is 0.267. The van der Waals surface area contributed by atoms with Crippen molar-refractivity contribution >= 4 is 23.4 Å². The maximum absolute atomic E-state index is 5.96. The third kappa shape index (κ3) is 2.98. The van der Waals surface area contributed by atoms with Crippen LogP contribution in [0.5, 0.6) is 0 Å². The average Bonchev–Trinajstić information content (AvgIpc) is 2.25. The fourth-order valence-corrected chi connectivity index (χ4v) is 3.99. The molecular weight excluding hydrogens is 250 g/mol. The highest BCUT2D eigenvalue weighted by atomic mass is 35.5. The van der Waals surface area contributed by atoms with Gasteiger partial charge in [0.15, 0.2) is 0 Å². The van der Waals surface area contributed by atoms with Crippen LogP contribution in [0.15, 0.2) is 29.2 Å². The Morgan fingerprint density at radius 3 is 2.41 bits per heavy atom. The second kappa shape index (κ2) is 5.21. The van der Waals surface area contributed by atoms with Crippen LogP contribution >= 0.6 is 23.4 Å². The van der Waals surface area contributed by atoms with Crippen LogP contribution in [-0.4, -0.2) is 11.3 Å². The highest BCUT2D eigenvalue weighted by molar-refractivity contribution is 8.00. The Kier molecular flexibility index (Phi) is 4.06. The molecule has 17 heavy (non-hydrogen) atoms. The molecule has 0 saturated heterocycles. The molecule has 94 valence electrons. The van der Waals surface area contributed by atoms with E-state index >= 15 is 0 Å². The summed E-state index contributed by atoms with van der Waals surface area (Å²) in [6, 6.07) is 8.08. The number of hydrogen-bond acceptors (Lipinski definition) is 2. The molecule has 1 aromatic rings. The number of rotatable bonds is 4. The Balaban J connectivity index is 2.00. The number of halogens is 1. The van der Waals surface area contributed by atoms with Gasteiger partial charge in [-0.2, -0.15) is 0 Å². The van der Waals surface area contributed by atoms with Crippen molar-refractivity contribution in [2.45, 2.75) is 36.3 Å². The first kappa shape index (κ1) is 13.3. The molecule has 1 fully saturated rings. The van der Waals surface area contributed by atoms with Crippen LogP contribution in [0, 0.1) is 11.8 Å². The van der Waals surface area contributed by atoms with Crippen LogP contribution in [0.2, 0.25) is 5.02 Å². The molecule has 2 N–H and O–H groups in total. The first-order valence-corrected chi connectivity index (χ1v) is 7.39. The summed E-state index contributed by atoms with van der Waals surface area (Å²) in [4.78, 5) is 1.28. The van der Waals surface area contributed by atoms with Crippen LogP contribution in [0.4, 0.5) is 0 Å². The maximum atomic E-state index is 5.96. The molecule has 0 unspecified atom stereocenters. The zero-order valence-corrected chi connectivity index (χ0v) is 12.0. The smallest absolute Gasteiger partial charge is 0.0406 e. The quantitative estimate of drug-likeness (QED) is 0.887. The van der Waals surface area contributed by atoms with Crippen molar-refractivity contribution in [1.29, 1.82) is 0 Å². The molecule has 0 spiro atoms. The Morgan fingerprint density at radius 1 is 1.35 bits per heavy atom. The van der Waals surface area contributed by atoms with E-state index in [2.05, 4.69) is 26.0 Å². The van der Waals surface area contributed by atoms with Gasteiger partial charge in [-0.3, -0.25) is 0 Å². The summed E-state index contributed by atoms with van der Waals surface area (Å²) < 4.78 is 0.267. The van der Waals surface area contributed by atoms with Crippen LogP contribution in [0.1, 0.15) is 26.7 Å². The largest absolute Gasteiger partial charge is 0.329 e. The second-order valence-electron chi connectivity index (χ2n) is 5.36. The molecule has 1 nitrogen and oxygen atoms in total. The lowest BCUT2D eigenvalue weighted by Crippen LogP contribution is -2.48. The minimum Gasteiger partial charge on any atom is -0.329 e. The molecule has 0 radical (unpaired) electrons. The lowest BCUT2D eigenvalue weighted by molar-refractivity contribution is 0.176. The normalized spacial score (nSPS) is 28.2. The highest BCUT2D eigenvalue weighted by Crippen LogP contribution is 2.52. The van der Waals surface area contributed by atoms with E-state index in [0.717, 1.165) is 23.4 Å². The van der Waals surface area contributed by atoms with E-state index in [1.54, 1.807) is 0 Å². The molecule has 1 aromatic carbocycles. The van der Waals surface area contributed by atoms with Crippen molar-refractivity contribution in [3.8, 4) is 0 Å². The fourth-order valence-electron chi connectivity index (χ4n) is 2.41. The molecule has 3 heteroatoms. The van der Waals surface area contributed by atoms with Gasteiger partial charge < -0.3 is 5.73 Å². The van der Waals surface area contributed by atoms with Gasteiger partial charge in [-0.15, -0.1) is 11.8 Å². The number of nitrogens with two attached hydrogens (primary N) is 1. The Hall–Kier alpha value is -0.180. The predicted octanol–water partition coefficient (Wildman–Crippen LogP) is 4.20. The van der Waals surface area contributed by atoms with Crippen molar-refractivity contribution in [3.63, 3.8) is 0 Å². The van der Waals surface area contributed by atoms with E-state index in [4.69, 9.17) is 17.3 Å². The third-order valence-corrected chi connectivity index (χ3v) is 5.42. The van der Waals surface area contributed by atoms with Gasteiger partial charge in [0.1, 0.15) is 0 Å². The molecule has 0 aromatic heterocycles. The first-order valence-electron chi connectivity index (χ1n) is 6.19. The van der Waals surface area contributed by atoms with Crippen LogP contribution < -0.4 is 5.73 Å². The van der Waals surface area contributed by atoms with Crippen molar-refractivity contribution in [2.24, 2.45) is 17.6 Å². The molecule has 2 rings (SSSR count). The molecule has 0 bridgehead atoms.